The molecule has 0 spiro atoms. The summed E-state index contributed by atoms with van der Waals surface area (Å²) in [4.78, 5) is 14.9. The molecule has 4 nitrogen and oxygen atoms in total. The van der Waals surface area contributed by atoms with Crippen molar-refractivity contribution < 1.29 is 9.90 Å². The highest BCUT2D eigenvalue weighted by Gasteiger charge is 2.67. The molecule has 0 aromatic rings. The van der Waals surface area contributed by atoms with Crippen LogP contribution in [-0.4, -0.2) is 35.5 Å². The van der Waals surface area contributed by atoms with Gasteiger partial charge in [0, 0.05) is 18.5 Å². The van der Waals surface area contributed by atoms with E-state index in [2.05, 4.69) is 13.5 Å². The molecule has 3 atom stereocenters. The molecule has 3 N–H and O–H groups in total. The van der Waals surface area contributed by atoms with Crippen LogP contribution in [0, 0.1) is 16.7 Å². The van der Waals surface area contributed by atoms with Gasteiger partial charge in [-0.05, 0) is 52.2 Å². The van der Waals surface area contributed by atoms with Gasteiger partial charge < -0.3 is 15.7 Å². The van der Waals surface area contributed by atoms with Crippen LogP contribution in [0.1, 0.15) is 40.5 Å². The zero-order chi connectivity index (χ0) is 16.3. The number of amides is 1. The molecular weight excluding hydrogens is 264 g/mol. The van der Waals surface area contributed by atoms with Gasteiger partial charge in [-0.3, -0.25) is 4.79 Å². The monoisotopic (exact) mass is 294 g/mol. The highest BCUT2D eigenvalue weighted by Crippen LogP contribution is 2.65. The highest BCUT2D eigenvalue weighted by molar-refractivity contribution is 5.87. The lowest BCUT2D eigenvalue weighted by Gasteiger charge is -2.38. The molecule has 0 saturated heterocycles. The molecule has 21 heavy (non-hydrogen) atoms. The van der Waals surface area contributed by atoms with Gasteiger partial charge in [-0.25, -0.2) is 0 Å². The van der Waals surface area contributed by atoms with E-state index in [0.29, 0.717) is 26.1 Å². The molecule has 1 aliphatic carbocycles. The Hall–Kier alpha value is -1.29. The van der Waals surface area contributed by atoms with Crippen molar-refractivity contribution in [1.29, 1.82) is 0 Å². The predicted molar refractivity (Wildman–Crippen MR) is 86.8 cm³/mol. The molecule has 0 heterocycles. The fourth-order valence-corrected chi connectivity index (χ4v) is 3.42. The molecular formula is C17H30N2O2. The van der Waals surface area contributed by atoms with E-state index in [1.165, 1.54) is 0 Å². The Morgan fingerprint density at radius 2 is 2.10 bits per heavy atom. The Kier molecular flexibility index (Phi) is 5.62. The SMILES string of the molecule is C=CC(C)(C/C=C(\C)O)[C@@]1(C(=O)N(CC)CC)C[C@@H]1CN. The molecule has 1 unspecified atom stereocenters. The van der Waals surface area contributed by atoms with E-state index < -0.39 is 5.41 Å². The molecule has 1 fully saturated rings. The van der Waals surface area contributed by atoms with Crippen molar-refractivity contribution in [3.63, 3.8) is 0 Å². The molecule has 1 saturated carbocycles. The Morgan fingerprint density at radius 3 is 2.43 bits per heavy atom. The minimum atomic E-state index is -0.471. The second-order valence-electron chi connectivity index (χ2n) is 6.26. The molecule has 0 bridgehead atoms. The molecule has 4 heteroatoms. The maximum absolute atomic E-state index is 13.0. The highest BCUT2D eigenvalue weighted by atomic mass is 16.3. The summed E-state index contributed by atoms with van der Waals surface area (Å²) in [5, 5.41) is 9.47. The van der Waals surface area contributed by atoms with Gasteiger partial charge in [-0.2, -0.15) is 0 Å². The van der Waals surface area contributed by atoms with Gasteiger partial charge in [0.25, 0.3) is 0 Å². The molecule has 0 aliphatic heterocycles. The fourth-order valence-electron chi connectivity index (χ4n) is 3.42. The van der Waals surface area contributed by atoms with E-state index in [4.69, 9.17) is 5.73 Å². The predicted octanol–water partition coefficient (Wildman–Crippen LogP) is 2.86. The number of carbonyl (C=O) groups excluding carboxylic acids is 1. The van der Waals surface area contributed by atoms with Crippen LogP contribution in [-0.2, 0) is 4.79 Å². The van der Waals surface area contributed by atoms with Crippen LogP contribution in [0.15, 0.2) is 24.5 Å². The summed E-state index contributed by atoms with van der Waals surface area (Å²) in [7, 11) is 0. The number of nitrogens with zero attached hydrogens (tertiary/aromatic N) is 1. The van der Waals surface area contributed by atoms with E-state index in [0.717, 1.165) is 6.42 Å². The lowest BCUT2D eigenvalue weighted by Crippen LogP contribution is -2.46. The van der Waals surface area contributed by atoms with Crippen LogP contribution in [0.25, 0.3) is 0 Å². The number of nitrogens with two attached hydrogens (primary N) is 1. The third kappa shape index (κ3) is 3.00. The van der Waals surface area contributed by atoms with Crippen molar-refractivity contribution in [2.45, 2.75) is 40.5 Å². The van der Waals surface area contributed by atoms with Gasteiger partial charge in [0.2, 0.25) is 5.91 Å². The van der Waals surface area contributed by atoms with Crippen molar-refractivity contribution in [1.82, 2.24) is 4.90 Å². The largest absolute Gasteiger partial charge is 0.513 e. The van der Waals surface area contributed by atoms with E-state index in [1.807, 2.05) is 24.8 Å². The van der Waals surface area contributed by atoms with Crippen LogP contribution >= 0.6 is 0 Å². The summed E-state index contributed by atoms with van der Waals surface area (Å²) in [5.41, 5.74) is 5.01. The normalized spacial score (nSPS) is 27.9. The number of hydrogen-bond acceptors (Lipinski definition) is 3. The third-order valence-corrected chi connectivity index (χ3v) is 5.11. The van der Waals surface area contributed by atoms with Gasteiger partial charge in [0.05, 0.1) is 11.2 Å². The van der Waals surface area contributed by atoms with Gasteiger partial charge >= 0.3 is 0 Å². The van der Waals surface area contributed by atoms with Crippen LogP contribution in [0.3, 0.4) is 0 Å². The number of carbonyl (C=O) groups is 1. The van der Waals surface area contributed by atoms with Gasteiger partial charge in [-0.15, -0.1) is 6.58 Å². The fraction of sp³-hybridized carbons (Fsp3) is 0.706. The van der Waals surface area contributed by atoms with Gasteiger partial charge in [0.1, 0.15) is 0 Å². The minimum Gasteiger partial charge on any atom is -0.513 e. The van der Waals surface area contributed by atoms with Crippen molar-refractivity contribution in [2.24, 2.45) is 22.5 Å². The Balaban J connectivity index is 3.18. The van der Waals surface area contributed by atoms with Crippen molar-refractivity contribution in [3.8, 4) is 0 Å². The third-order valence-electron chi connectivity index (χ3n) is 5.11. The number of aliphatic hydroxyl groups is 1. The second-order valence-corrected chi connectivity index (χ2v) is 6.26. The lowest BCUT2D eigenvalue weighted by atomic mass is 9.69. The average molecular weight is 294 g/mol. The average Bonchev–Trinajstić information content (AvgIpc) is 3.22. The summed E-state index contributed by atoms with van der Waals surface area (Å²) >= 11 is 0. The molecule has 120 valence electrons. The first-order valence-electron chi connectivity index (χ1n) is 7.81. The summed E-state index contributed by atoms with van der Waals surface area (Å²) in [5.74, 6) is 0.647. The molecule has 1 rings (SSSR count). The molecule has 0 aromatic heterocycles. The van der Waals surface area contributed by atoms with E-state index >= 15 is 0 Å². The van der Waals surface area contributed by atoms with Crippen molar-refractivity contribution in [3.05, 3.63) is 24.5 Å². The van der Waals surface area contributed by atoms with E-state index in [9.17, 15) is 9.90 Å². The van der Waals surface area contributed by atoms with Crippen LogP contribution in [0.5, 0.6) is 0 Å². The molecule has 1 aliphatic rings. The summed E-state index contributed by atoms with van der Waals surface area (Å²) < 4.78 is 0. The van der Waals surface area contributed by atoms with E-state index in [-0.39, 0.29) is 23.0 Å². The van der Waals surface area contributed by atoms with Gasteiger partial charge in [-0.1, -0.05) is 13.0 Å². The van der Waals surface area contributed by atoms with Crippen molar-refractivity contribution >= 4 is 5.91 Å². The number of aliphatic hydroxyl groups excluding tert-OH is 1. The van der Waals surface area contributed by atoms with Crippen LogP contribution < -0.4 is 5.73 Å². The Bertz CT molecular complexity index is 425. The Morgan fingerprint density at radius 1 is 1.52 bits per heavy atom. The first-order valence-corrected chi connectivity index (χ1v) is 7.81. The number of rotatable bonds is 8. The molecule has 0 radical (unpaired) electrons. The standard InChI is InChI=1S/C17H30N2O2/c1-6-16(5,10-9-13(4)20)17(11-14(17)12-18)15(21)19(7-2)8-3/h6,9,14,20H,1,7-8,10-12,18H2,2-5H3/b13-9+/t14-,16?,17+/m1/s1. The smallest absolute Gasteiger partial charge is 0.229 e. The topological polar surface area (TPSA) is 66.6 Å². The Labute approximate surface area is 128 Å². The zero-order valence-corrected chi connectivity index (χ0v) is 13.9. The minimum absolute atomic E-state index is 0.175. The first kappa shape index (κ1) is 17.8. The maximum Gasteiger partial charge on any atom is 0.229 e. The maximum atomic E-state index is 13.0. The first-order chi connectivity index (χ1) is 9.82. The van der Waals surface area contributed by atoms with Crippen molar-refractivity contribution in [2.75, 3.05) is 19.6 Å². The zero-order valence-electron chi connectivity index (χ0n) is 13.9. The number of hydrogen-bond donors (Lipinski definition) is 2. The molecule has 0 aromatic carbocycles. The second kappa shape index (κ2) is 6.65. The van der Waals surface area contributed by atoms with Crippen LogP contribution in [0.4, 0.5) is 0 Å². The van der Waals surface area contributed by atoms with E-state index in [1.54, 1.807) is 13.0 Å². The lowest BCUT2D eigenvalue weighted by molar-refractivity contribution is -0.141. The van der Waals surface area contributed by atoms with Gasteiger partial charge in [0.15, 0.2) is 0 Å². The van der Waals surface area contributed by atoms with Crippen LogP contribution in [0.2, 0.25) is 0 Å². The summed E-state index contributed by atoms with van der Waals surface area (Å²) in [6.45, 7) is 13.6. The number of allylic oxidation sites excluding steroid dienone is 3. The molecule has 1 amide bonds. The summed E-state index contributed by atoms with van der Waals surface area (Å²) in [6, 6.07) is 0. The quantitative estimate of drug-likeness (QED) is 0.534. The summed E-state index contributed by atoms with van der Waals surface area (Å²) in [6.07, 6.45) is 5.04.